The molecule has 0 saturated heterocycles. The average Bonchev–Trinajstić information content (AvgIpc) is 2.92. The van der Waals surface area contributed by atoms with Gasteiger partial charge in [0.1, 0.15) is 17.3 Å². The Labute approximate surface area is 257 Å². The van der Waals surface area contributed by atoms with Crippen LogP contribution in [0.5, 0.6) is 0 Å². The van der Waals surface area contributed by atoms with Crippen molar-refractivity contribution < 1.29 is 74.2 Å². The maximum absolute atomic E-state index is 12.3. The van der Waals surface area contributed by atoms with Crippen molar-refractivity contribution in [1.82, 2.24) is 0 Å². The lowest BCUT2D eigenvalue weighted by atomic mass is 9.77. The SMILES string of the molecule is [2H]C1=C(OS(=O)(=O)C(F)(F)F)C([2H])([2H])C([2H])C(C)(C)C1.[2H]C1=C(OS(=O)(=O)C(F)(F)F)C([2H])([2H])CC(C)(C)C1[2H].[2H]C1C(C)(C)CC([2H])([2H])C(=O)C1([2H])[2H]. The minimum atomic E-state index is -6.06. The summed E-state index contributed by atoms with van der Waals surface area (Å²) in [4.78, 5) is 11.4. The van der Waals surface area contributed by atoms with E-state index >= 15 is 0 Å². The number of carbonyl (C=O) groups excluding carboxylic acids is 1. The number of carbonyl (C=O) groups is 1. The zero-order valence-corrected chi connectivity index (χ0v) is 24.4. The summed E-state index contributed by atoms with van der Waals surface area (Å²) in [5.74, 6) is -3.63. The first-order chi connectivity index (χ1) is 23.3. The molecule has 3 rings (SSSR count). The lowest BCUT2D eigenvalue weighted by molar-refractivity contribution is -0.122. The standard InChI is InChI=1S/2C9H13F3O3S.C8H14O/c2*1-8(2)5-3-7(4-6-8)15-16(13,14)9(10,11)12;1-8(2)5-3-7(9)4-6-8/h2*3H,4-6H2,1-2H3;3-6H2,1-2H3/i3D,4D2,6D;3D,4D2,5D;3D2,4D2,5D. The predicted molar refractivity (Wildman–Crippen MR) is 141 cm³/mol. The molecule has 0 N–H and O–H groups in total. The molecule has 0 bridgehead atoms. The Morgan fingerprint density at radius 3 is 1.63 bits per heavy atom. The largest absolute Gasteiger partial charge is 0.534 e. The van der Waals surface area contributed by atoms with E-state index in [1.54, 1.807) is 13.8 Å². The molecule has 1 fully saturated rings. The summed E-state index contributed by atoms with van der Waals surface area (Å²) >= 11 is 0. The minimum Gasteiger partial charge on any atom is -0.381 e. The second-order valence-corrected chi connectivity index (χ2v) is 13.9. The highest BCUT2D eigenvalue weighted by atomic mass is 32.2. The van der Waals surface area contributed by atoms with Crippen LogP contribution in [0.25, 0.3) is 0 Å². The Balaban J connectivity index is 0.000000412. The highest BCUT2D eigenvalue weighted by molar-refractivity contribution is 7.88. The molecular weight excluding hydrogens is 602 g/mol. The van der Waals surface area contributed by atoms with E-state index in [1.165, 1.54) is 27.7 Å². The van der Waals surface area contributed by atoms with E-state index in [0.29, 0.717) is 0 Å². The Morgan fingerprint density at radius 2 is 1.15 bits per heavy atom. The summed E-state index contributed by atoms with van der Waals surface area (Å²) in [6, 6.07) is -1.60. The molecule has 7 nitrogen and oxygen atoms in total. The molecule has 0 aromatic heterocycles. The van der Waals surface area contributed by atoms with Gasteiger partial charge in [-0.15, -0.1) is 0 Å². The molecular formula is C26H40F6O7S2. The van der Waals surface area contributed by atoms with Crippen molar-refractivity contribution in [2.75, 3.05) is 0 Å². The predicted octanol–water partition coefficient (Wildman–Crippen LogP) is 8.05. The first kappa shape index (κ1) is 21.0. The number of alkyl halides is 6. The molecule has 3 atom stereocenters. The third kappa shape index (κ3) is 13.0. The van der Waals surface area contributed by atoms with E-state index in [4.69, 9.17) is 17.8 Å². The molecule has 3 aliphatic carbocycles. The third-order valence-electron chi connectivity index (χ3n) is 4.85. The van der Waals surface area contributed by atoms with Crippen LogP contribution in [0, 0.1) is 16.2 Å². The molecule has 15 heteroatoms. The highest BCUT2D eigenvalue weighted by Gasteiger charge is 2.50. The second kappa shape index (κ2) is 13.3. The van der Waals surface area contributed by atoms with Crippen LogP contribution in [-0.2, 0) is 33.4 Å². The van der Waals surface area contributed by atoms with Gasteiger partial charge in [-0.25, -0.2) is 0 Å². The van der Waals surface area contributed by atoms with Crippen LogP contribution in [0.1, 0.15) is 123 Å². The number of halogens is 6. The Morgan fingerprint density at radius 1 is 0.707 bits per heavy atom. The van der Waals surface area contributed by atoms with Gasteiger partial charge in [0.2, 0.25) is 0 Å². The van der Waals surface area contributed by atoms with Gasteiger partial charge in [-0.1, -0.05) is 41.5 Å². The quantitative estimate of drug-likeness (QED) is 0.172. The van der Waals surface area contributed by atoms with Crippen LogP contribution in [0.15, 0.2) is 23.6 Å². The van der Waals surface area contributed by atoms with Crippen molar-refractivity contribution in [3.05, 3.63) is 23.6 Å². The van der Waals surface area contributed by atoms with Gasteiger partial charge in [-0.2, -0.15) is 43.2 Å². The number of hydrogen-bond acceptors (Lipinski definition) is 7. The summed E-state index contributed by atoms with van der Waals surface area (Å²) in [6.45, 7) is 9.09. The fourth-order valence-electron chi connectivity index (χ4n) is 2.43. The van der Waals surface area contributed by atoms with Gasteiger partial charge in [0, 0.05) is 40.6 Å². The topological polar surface area (TPSA) is 104 Å². The molecule has 3 aliphatic rings. The first-order valence-corrected chi connectivity index (χ1v) is 14.3. The normalized spacial score (nSPS) is 37.9. The van der Waals surface area contributed by atoms with Gasteiger partial charge >= 0.3 is 31.3 Å². The summed E-state index contributed by atoms with van der Waals surface area (Å²) in [5, 5.41) is 0. The van der Waals surface area contributed by atoms with Crippen LogP contribution in [0.4, 0.5) is 26.3 Å². The summed E-state index contributed by atoms with van der Waals surface area (Å²) < 4.78 is 223. The van der Waals surface area contributed by atoms with Gasteiger partial charge in [0.05, 0.1) is 2.74 Å². The molecule has 240 valence electrons. The van der Waals surface area contributed by atoms with E-state index in [0.717, 1.165) is 0 Å². The maximum atomic E-state index is 12.3. The minimum absolute atomic E-state index is 0.0908. The number of allylic oxidation sites excluding steroid dienone is 4. The lowest BCUT2D eigenvalue weighted by Gasteiger charge is -2.28. The van der Waals surface area contributed by atoms with E-state index in [2.05, 4.69) is 8.37 Å². The average molecular weight is 656 g/mol. The number of Topliss-reactive ketones (excluding diaryl/α,β-unsaturated/α-hetero) is 1. The van der Waals surface area contributed by atoms with E-state index < -0.39 is 128 Å². The molecule has 0 radical (unpaired) electrons. The smallest absolute Gasteiger partial charge is 0.381 e. The monoisotopic (exact) mass is 655 g/mol. The number of ketones is 1. The zero-order valence-electron chi connectivity index (χ0n) is 35.8. The van der Waals surface area contributed by atoms with Crippen molar-refractivity contribution in [3.63, 3.8) is 0 Å². The molecule has 3 unspecified atom stereocenters. The number of hydrogen-bond donors (Lipinski definition) is 0. The van der Waals surface area contributed by atoms with Crippen molar-refractivity contribution >= 4 is 26.0 Å². The third-order valence-corrected chi connectivity index (χ3v) is 6.75. The molecule has 0 aromatic carbocycles. The van der Waals surface area contributed by atoms with Crippen LogP contribution >= 0.6 is 0 Å². The van der Waals surface area contributed by atoms with Gasteiger partial charge < -0.3 is 8.37 Å². The summed E-state index contributed by atoms with van der Waals surface area (Å²) in [7, 11) is -12.1. The molecule has 0 aliphatic heterocycles. The van der Waals surface area contributed by atoms with E-state index in [1.807, 2.05) is 0 Å². The van der Waals surface area contributed by atoms with Crippen molar-refractivity contribution in [2.45, 2.75) is 117 Å². The van der Waals surface area contributed by atoms with Gasteiger partial charge in [-0.3, -0.25) is 4.79 Å². The second-order valence-electron chi connectivity index (χ2n) is 10.8. The van der Waals surface area contributed by atoms with E-state index in [9.17, 15) is 48.0 Å². The summed E-state index contributed by atoms with van der Waals surface area (Å²) in [5.41, 5.74) is -14.3. The molecule has 1 saturated carbocycles. The fraction of sp³-hybridized carbons (Fsp3) is 0.808. The molecule has 0 spiro atoms. The Bertz CT molecular complexity index is 1740. The van der Waals surface area contributed by atoms with E-state index in [-0.39, 0.29) is 12.8 Å². The maximum Gasteiger partial charge on any atom is 0.534 e. The van der Waals surface area contributed by atoms with Gasteiger partial charge in [0.25, 0.3) is 0 Å². The molecule has 0 aromatic rings. The van der Waals surface area contributed by atoms with Gasteiger partial charge in [-0.05, 0) is 66.8 Å². The first-order valence-electron chi connectivity index (χ1n) is 18.2. The number of rotatable bonds is 4. The van der Waals surface area contributed by atoms with Crippen molar-refractivity contribution in [2.24, 2.45) is 16.2 Å². The van der Waals surface area contributed by atoms with Crippen molar-refractivity contribution in [3.8, 4) is 0 Å². The van der Waals surface area contributed by atoms with Gasteiger partial charge in [0.15, 0.2) is 0 Å². The van der Waals surface area contributed by atoms with Crippen LogP contribution < -0.4 is 0 Å². The Kier molecular flexibility index (Phi) is 6.79. The highest BCUT2D eigenvalue weighted by Crippen LogP contribution is 2.38. The fourth-order valence-corrected chi connectivity index (χ4v) is 3.28. The Hall–Kier alpha value is -1.77. The van der Waals surface area contributed by atoms with Crippen LogP contribution in [0.3, 0.4) is 0 Å². The zero-order chi connectivity index (χ0) is 43.7. The molecule has 0 heterocycles. The van der Waals surface area contributed by atoms with Crippen LogP contribution in [0.2, 0.25) is 0 Å². The molecule has 41 heavy (non-hydrogen) atoms. The van der Waals surface area contributed by atoms with Crippen molar-refractivity contribution in [1.29, 1.82) is 0 Å². The summed E-state index contributed by atoms with van der Waals surface area (Å²) in [6.07, 6.45) is -14.8. The molecule has 0 amide bonds. The lowest BCUT2D eigenvalue weighted by Crippen LogP contribution is -2.26. The van der Waals surface area contributed by atoms with Crippen LogP contribution in [-0.4, -0.2) is 33.6 Å².